The topological polar surface area (TPSA) is 88.5 Å². The largest absolute Gasteiger partial charge is 0.285 e. The molecule has 0 atom stereocenters. The Morgan fingerprint density at radius 2 is 1.56 bits per heavy atom. The number of hydrogen-bond acceptors (Lipinski definition) is 4. The number of hydrogen-bond donors (Lipinski definition) is 1. The third-order valence-corrected chi connectivity index (χ3v) is 3.27. The Hall–Kier alpha value is -0.140. The van der Waals surface area contributed by atoms with E-state index in [9.17, 15) is 16.8 Å². The highest BCUT2D eigenvalue weighted by atomic mass is 32.3. The van der Waals surface area contributed by atoms with Gasteiger partial charge in [0.2, 0.25) is 0 Å². The third-order valence-electron chi connectivity index (χ3n) is 0.363. The van der Waals surface area contributed by atoms with Crippen LogP contribution in [0.3, 0.4) is 0 Å². The molecular formula is C2H6O5S2. The average molecular weight is 174 g/mol. The highest BCUT2D eigenvalue weighted by Gasteiger charge is 2.13. The van der Waals surface area contributed by atoms with Gasteiger partial charge in [0.15, 0.2) is 14.9 Å². The van der Waals surface area contributed by atoms with E-state index in [1.807, 2.05) is 0 Å². The monoisotopic (exact) mass is 174 g/mol. The highest BCUT2D eigenvalue weighted by Crippen LogP contribution is 1.88. The maximum Gasteiger partial charge on any atom is 0.279 e. The van der Waals surface area contributed by atoms with Crippen LogP contribution in [-0.4, -0.2) is 32.7 Å². The SMILES string of the molecule is CS(=O)(=O)CS(=O)(=O)O. The van der Waals surface area contributed by atoms with Crippen LogP contribution < -0.4 is 0 Å². The number of rotatable bonds is 2. The van der Waals surface area contributed by atoms with Crippen LogP contribution in [0.15, 0.2) is 0 Å². The van der Waals surface area contributed by atoms with Gasteiger partial charge in [0.05, 0.1) is 0 Å². The summed E-state index contributed by atoms with van der Waals surface area (Å²) in [4.78, 5) is 0. The Balaban J connectivity index is 4.46. The minimum Gasteiger partial charge on any atom is -0.285 e. The molecule has 9 heavy (non-hydrogen) atoms. The standard InChI is InChI=1S/C2H6O5S2/c1-8(3,4)2-9(5,6)7/h2H2,1H3,(H,5,6,7). The Morgan fingerprint density at radius 1 is 1.22 bits per heavy atom. The van der Waals surface area contributed by atoms with Crippen LogP contribution in [0.5, 0.6) is 0 Å². The molecule has 0 aromatic rings. The van der Waals surface area contributed by atoms with E-state index in [0.29, 0.717) is 0 Å². The molecule has 0 saturated carbocycles. The van der Waals surface area contributed by atoms with E-state index in [1.165, 1.54) is 0 Å². The molecule has 0 saturated heterocycles. The van der Waals surface area contributed by atoms with Crippen molar-refractivity contribution in [3.63, 3.8) is 0 Å². The zero-order valence-electron chi connectivity index (χ0n) is 4.60. The summed E-state index contributed by atoms with van der Waals surface area (Å²) in [5.41, 5.74) is 0. The summed E-state index contributed by atoms with van der Waals surface area (Å²) in [6, 6.07) is 0. The molecule has 56 valence electrons. The van der Waals surface area contributed by atoms with Crippen molar-refractivity contribution in [2.45, 2.75) is 0 Å². The van der Waals surface area contributed by atoms with Crippen molar-refractivity contribution in [3.05, 3.63) is 0 Å². The van der Waals surface area contributed by atoms with Crippen molar-refractivity contribution in [2.24, 2.45) is 0 Å². The lowest BCUT2D eigenvalue weighted by atomic mass is 11.9. The molecule has 0 spiro atoms. The van der Waals surface area contributed by atoms with E-state index in [1.54, 1.807) is 0 Å². The zero-order valence-corrected chi connectivity index (χ0v) is 6.24. The van der Waals surface area contributed by atoms with Crippen LogP contribution in [-0.2, 0) is 20.0 Å². The molecule has 0 fully saturated rings. The maximum atomic E-state index is 10.1. The Morgan fingerprint density at radius 3 is 1.56 bits per heavy atom. The van der Waals surface area contributed by atoms with Crippen molar-refractivity contribution in [1.29, 1.82) is 0 Å². The fraction of sp³-hybridized carbons (Fsp3) is 1.00. The first-order chi connectivity index (χ1) is 3.71. The fourth-order valence-electron chi connectivity index (χ4n) is 0.271. The van der Waals surface area contributed by atoms with E-state index in [-0.39, 0.29) is 0 Å². The van der Waals surface area contributed by atoms with E-state index in [0.717, 1.165) is 6.26 Å². The van der Waals surface area contributed by atoms with E-state index >= 15 is 0 Å². The Bertz CT molecular complexity index is 238. The first kappa shape index (κ1) is 8.86. The molecule has 0 aliphatic heterocycles. The van der Waals surface area contributed by atoms with Crippen LogP contribution in [0, 0.1) is 0 Å². The van der Waals surface area contributed by atoms with Crippen molar-refractivity contribution in [2.75, 3.05) is 11.3 Å². The summed E-state index contributed by atoms with van der Waals surface area (Å²) in [5, 5.41) is -1.21. The molecule has 0 radical (unpaired) electrons. The summed E-state index contributed by atoms with van der Waals surface area (Å²) >= 11 is 0. The second-order valence-corrected chi connectivity index (χ2v) is 5.58. The zero-order chi connectivity index (χ0) is 7.71. The predicted octanol–water partition coefficient (Wildman–Crippen LogP) is -1.12. The van der Waals surface area contributed by atoms with Gasteiger partial charge in [-0.1, -0.05) is 0 Å². The molecule has 0 rings (SSSR count). The molecule has 0 aliphatic carbocycles. The smallest absolute Gasteiger partial charge is 0.279 e. The first-order valence-corrected chi connectivity index (χ1v) is 5.50. The van der Waals surface area contributed by atoms with Gasteiger partial charge in [-0.15, -0.1) is 0 Å². The molecule has 7 heteroatoms. The Kier molecular flexibility index (Phi) is 2.20. The van der Waals surface area contributed by atoms with Crippen LogP contribution in [0.4, 0.5) is 0 Å². The fourth-order valence-corrected chi connectivity index (χ4v) is 2.43. The molecule has 0 unspecified atom stereocenters. The molecular weight excluding hydrogens is 168 g/mol. The van der Waals surface area contributed by atoms with Gasteiger partial charge in [-0.3, -0.25) is 4.55 Å². The molecule has 0 aromatic heterocycles. The van der Waals surface area contributed by atoms with Crippen LogP contribution in [0.25, 0.3) is 0 Å². The average Bonchev–Trinajstić information content (AvgIpc) is 1.14. The normalized spacial score (nSPS) is 13.6. The van der Waals surface area contributed by atoms with Gasteiger partial charge in [-0.25, -0.2) is 8.42 Å². The number of sulfone groups is 1. The van der Waals surface area contributed by atoms with Crippen LogP contribution in [0.2, 0.25) is 0 Å². The maximum absolute atomic E-state index is 10.1. The van der Waals surface area contributed by atoms with Gasteiger partial charge >= 0.3 is 0 Å². The van der Waals surface area contributed by atoms with Crippen molar-refractivity contribution in [3.8, 4) is 0 Å². The van der Waals surface area contributed by atoms with E-state index in [4.69, 9.17) is 4.55 Å². The van der Waals surface area contributed by atoms with Gasteiger partial charge in [-0.2, -0.15) is 8.42 Å². The molecule has 5 nitrogen and oxygen atoms in total. The molecule has 0 aliphatic rings. The summed E-state index contributed by atoms with van der Waals surface area (Å²) < 4.78 is 47.8. The minimum atomic E-state index is -4.37. The van der Waals surface area contributed by atoms with Crippen LogP contribution in [0.1, 0.15) is 0 Å². The predicted molar refractivity (Wildman–Crippen MR) is 31.3 cm³/mol. The van der Waals surface area contributed by atoms with Gasteiger partial charge in [-0.05, 0) is 0 Å². The first-order valence-electron chi connectivity index (χ1n) is 1.83. The summed E-state index contributed by atoms with van der Waals surface area (Å²) in [5.74, 6) is 0. The summed E-state index contributed by atoms with van der Waals surface area (Å²) in [6.07, 6.45) is 0.723. The quantitative estimate of drug-likeness (QED) is 0.535. The lowest BCUT2D eigenvalue weighted by Crippen LogP contribution is -2.13. The molecule has 0 amide bonds. The Labute approximate surface area is 53.4 Å². The second kappa shape index (κ2) is 2.24. The lowest BCUT2D eigenvalue weighted by Gasteiger charge is -1.90. The van der Waals surface area contributed by atoms with Gasteiger partial charge in [0, 0.05) is 6.26 Å². The van der Waals surface area contributed by atoms with Crippen LogP contribution >= 0.6 is 0 Å². The van der Waals surface area contributed by atoms with E-state index in [2.05, 4.69) is 0 Å². The van der Waals surface area contributed by atoms with Gasteiger partial charge in [0.1, 0.15) is 0 Å². The third kappa shape index (κ3) is 7.86. The van der Waals surface area contributed by atoms with E-state index < -0.39 is 25.0 Å². The van der Waals surface area contributed by atoms with Crippen molar-refractivity contribution < 1.29 is 21.4 Å². The van der Waals surface area contributed by atoms with Crippen molar-refractivity contribution in [1.82, 2.24) is 0 Å². The summed E-state index contributed by atoms with van der Waals surface area (Å²) in [6.45, 7) is 0. The molecule has 0 bridgehead atoms. The summed E-state index contributed by atoms with van der Waals surface area (Å²) in [7, 11) is -7.99. The lowest BCUT2D eigenvalue weighted by molar-refractivity contribution is 0.487. The highest BCUT2D eigenvalue weighted by molar-refractivity contribution is 8.05. The second-order valence-electron chi connectivity index (χ2n) is 1.63. The molecule has 0 aromatic carbocycles. The molecule has 1 N–H and O–H groups in total. The van der Waals surface area contributed by atoms with Gasteiger partial charge in [0.25, 0.3) is 10.1 Å². The molecule has 0 heterocycles. The van der Waals surface area contributed by atoms with Crippen molar-refractivity contribution >= 4 is 20.0 Å². The minimum absolute atomic E-state index is 0.723. The van der Waals surface area contributed by atoms with Gasteiger partial charge < -0.3 is 0 Å².